The van der Waals surface area contributed by atoms with Crippen molar-refractivity contribution in [3.8, 4) is 0 Å². The van der Waals surface area contributed by atoms with E-state index in [0.717, 1.165) is 19.4 Å². The Balaban J connectivity index is 2.60. The van der Waals surface area contributed by atoms with E-state index >= 15 is 0 Å². The van der Waals surface area contributed by atoms with Gasteiger partial charge in [0.05, 0.1) is 18.8 Å². The summed E-state index contributed by atoms with van der Waals surface area (Å²) in [5.74, 6) is 0.708. The zero-order valence-corrected chi connectivity index (χ0v) is 13.1. The van der Waals surface area contributed by atoms with Gasteiger partial charge in [-0.3, -0.25) is 0 Å². The van der Waals surface area contributed by atoms with Crippen molar-refractivity contribution in [3.05, 3.63) is 35.4 Å². The molecule has 1 rings (SSSR count). The van der Waals surface area contributed by atoms with E-state index in [1.807, 2.05) is 7.05 Å². The molecule has 0 amide bonds. The second kappa shape index (κ2) is 8.34. The fourth-order valence-corrected chi connectivity index (χ4v) is 2.08. The van der Waals surface area contributed by atoms with E-state index in [-0.39, 0.29) is 6.04 Å². The van der Waals surface area contributed by atoms with Crippen molar-refractivity contribution in [1.82, 2.24) is 5.32 Å². The highest BCUT2D eigenvalue weighted by molar-refractivity contribution is 5.25. The second-order valence-corrected chi connectivity index (χ2v) is 5.73. The quantitative estimate of drug-likeness (QED) is 0.766. The van der Waals surface area contributed by atoms with Crippen LogP contribution in [0.15, 0.2) is 24.3 Å². The molecule has 0 saturated heterocycles. The van der Waals surface area contributed by atoms with Crippen LogP contribution in [0.25, 0.3) is 0 Å². The highest BCUT2D eigenvalue weighted by Gasteiger charge is 2.11. The lowest BCUT2D eigenvalue weighted by atomic mass is 9.99. The van der Waals surface area contributed by atoms with E-state index in [4.69, 9.17) is 4.74 Å². The number of hydrogen-bond donors (Lipinski definition) is 1. The molecule has 1 aromatic carbocycles. The molecule has 0 spiro atoms. The lowest BCUT2D eigenvalue weighted by Gasteiger charge is -2.20. The zero-order chi connectivity index (χ0) is 14.3. The minimum atomic E-state index is 0.280. The summed E-state index contributed by atoms with van der Waals surface area (Å²) in [5.41, 5.74) is 2.72. The third-order valence-corrected chi connectivity index (χ3v) is 3.50. The van der Waals surface area contributed by atoms with Crippen molar-refractivity contribution in [3.63, 3.8) is 0 Å². The van der Waals surface area contributed by atoms with E-state index in [1.165, 1.54) is 11.1 Å². The van der Waals surface area contributed by atoms with Crippen LogP contribution < -0.4 is 5.32 Å². The Morgan fingerprint density at radius 3 is 2.21 bits per heavy atom. The summed E-state index contributed by atoms with van der Waals surface area (Å²) >= 11 is 0. The summed E-state index contributed by atoms with van der Waals surface area (Å²) in [6.45, 7) is 9.52. The fourth-order valence-electron chi connectivity index (χ4n) is 2.08. The largest absolute Gasteiger partial charge is 0.377 e. The maximum atomic E-state index is 5.83. The number of likely N-dealkylation sites (N-methyl/N-ethyl adjacent to an activating group) is 1. The van der Waals surface area contributed by atoms with Crippen LogP contribution in [-0.4, -0.2) is 19.8 Å². The van der Waals surface area contributed by atoms with E-state index in [1.54, 1.807) is 0 Å². The minimum Gasteiger partial charge on any atom is -0.377 e. The first-order valence-corrected chi connectivity index (χ1v) is 7.44. The van der Waals surface area contributed by atoms with Gasteiger partial charge < -0.3 is 10.1 Å². The van der Waals surface area contributed by atoms with Crippen LogP contribution in [-0.2, 0) is 11.2 Å². The van der Waals surface area contributed by atoms with Crippen LogP contribution >= 0.6 is 0 Å². The highest BCUT2D eigenvalue weighted by atomic mass is 16.5. The lowest BCUT2D eigenvalue weighted by molar-refractivity contribution is 0.0487. The summed E-state index contributed by atoms with van der Waals surface area (Å²) < 4.78 is 5.83. The monoisotopic (exact) mass is 263 g/mol. The number of rotatable bonds is 8. The minimum absolute atomic E-state index is 0.280. The van der Waals surface area contributed by atoms with Gasteiger partial charge in [-0.2, -0.15) is 0 Å². The molecule has 2 unspecified atom stereocenters. The second-order valence-electron chi connectivity index (χ2n) is 5.73. The number of hydrogen-bond acceptors (Lipinski definition) is 2. The predicted octanol–water partition coefficient (Wildman–Crippen LogP) is 3.96. The summed E-state index contributed by atoms with van der Waals surface area (Å²) in [4.78, 5) is 0. The van der Waals surface area contributed by atoms with E-state index in [9.17, 15) is 0 Å². The van der Waals surface area contributed by atoms with Crippen LogP contribution in [0.5, 0.6) is 0 Å². The Kier molecular flexibility index (Phi) is 7.11. The van der Waals surface area contributed by atoms with Crippen LogP contribution in [0.4, 0.5) is 0 Å². The van der Waals surface area contributed by atoms with Gasteiger partial charge in [-0.05, 0) is 43.9 Å². The van der Waals surface area contributed by atoms with Crippen molar-refractivity contribution in [1.29, 1.82) is 0 Å². The molecule has 19 heavy (non-hydrogen) atoms. The highest BCUT2D eigenvalue weighted by Crippen LogP contribution is 2.17. The molecular formula is C17H29NO. The zero-order valence-electron chi connectivity index (χ0n) is 13.1. The molecule has 1 aromatic rings. The Morgan fingerprint density at radius 1 is 1.11 bits per heavy atom. The summed E-state index contributed by atoms with van der Waals surface area (Å²) in [6.07, 6.45) is 2.54. The average Bonchev–Trinajstić information content (AvgIpc) is 2.40. The van der Waals surface area contributed by atoms with Crippen LogP contribution in [0.2, 0.25) is 0 Å². The topological polar surface area (TPSA) is 21.3 Å². The SMILES string of the molecule is CCC(C)OCC(NC)c1ccc(CC(C)C)cc1. The smallest absolute Gasteiger partial charge is 0.0664 e. The van der Waals surface area contributed by atoms with Crippen LogP contribution in [0.3, 0.4) is 0 Å². The Bertz CT molecular complexity index is 345. The maximum Gasteiger partial charge on any atom is 0.0664 e. The van der Waals surface area contributed by atoms with Crippen molar-refractivity contribution >= 4 is 0 Å². The molecule has 0 saturated carbocycles. The molecule has 0 fully saturated rings. The molecule has 2 nitrogen and oxygen atoms in total. The molecule has 0 heterocycles. The average molecular weight is 263 g/mol. The molecular weight excluding hydrogens is 234 g/mol. The number of benzene rings is 1. The van der Waals surface area contributed by atoms with E-state index in [2.05, 4.69) is 57.3 Å². The molecule has 0 bridgehead atoms. The Hall–Kier alpha value is -0.860. The van der Waals surface area contributed by atoms with E-state index in [0.29, 0.717) is 12.0 Å². The third kappa shape index (κ3) is 5.75. The van der Waals surface area contributed by atoms with Crippen LogP contribution in [0.1, 0.15) is 51.3 Å². The van der Waals surface area contributed by atoms with Gasteiger partial charge in [-0.1, -0.05) is 45.0 Å². The summed E-state index contributed by atoms with van der Waals surface area (Å²) in [5, 5.41) is 3.33. The molecule has 1 N–H and O–H groups in total. The molecule has 108 valence electrons. The van der Waals surface area contributed by atoms with Gasteiger partial charge in [-0.25, -0.2) is 0 Å². The Labute approximate surface area is 118 Å². The standard InChI is InChI=1S/C17H29NO/c1-6-14(4)19-12-17(18-5)16-9-7-15(8-10-16)11-13(2)3/h7-10,13-14,17-18H,6,11-12H2,1-5H3. The van der Waals surface area contributed by atoms with Gasteiger partial charge in [0.1, 0.15) is 0 Å². The lowest BCUT2D eigenvalue weighted by Crippen LogP contribution is -2.24. The van der Waals surface area contributed by atoms with Crippen molar-refractivity contribution in [2.45, 2.75) is 52.7 Å². The van der Waals surface area contributed by atoms with Gasteiger partial charge >= 0.3 is 0 Å². The van der Waals surface area contributed by atoms with Crippen molar-refractivity contribution < 1.29 is 4.74 Å². The van der Waals surface area contributed by atoms with Gasteiger partial charge in [-0.15, -0.1) is 0 Å². The normalized spacial score (nSPS) is 14.6. The van der Waals surface area contributed by atoms with Crippen molar-refractivity contribution in [2.24, 2.45) is 5.92 Å². The summed E-state index contributed by atoms with van der Waals surface area (Å²) in [6, 6.07) is 9.20. The third-order valence-electron chi connectivity index (χ3n) is 3.50. The fraction of sp³-hybridized carbons (Fsp3) is 0.647. The molecule has 0 aliphatic heterocycles. The Morgan fingerprint density at radius 2 is 1.74 bits per heavy atom. The summed E-state index contributed by atoms with van der Waals surface area (Å²) in [7, 11) is 1.99. The van der Waals surface area contributed by atoms with Gasteiger partial charge in [0.2, 0.25) is 0 Å². The molecule has 2 heteroatoms. The molecule has 0 radical (unpaired) electrons. The molecule has 2 atom stereocenters. The predicted molar refractivity (Wildman–Crippen MR) is 82.5 cm³/mol. The number of ether oxygens (including phenoxy) is 1. The first-order valence-electron chi connectivity index (χ1n) is 7.44. The van der Waals surface area contributed by atoms with Gasteiger partial charge in [0, 0.05) is 0 Å². The molecule has 0 aliphatic carbocycles. The first kappa shape index (κ1) is 16.2. The van der Waals surface area contributed by atoms with Gasteiger partial charge in [0.15, 0.2) is 0 Å². The maximum absolute atomic E-state index is 5.83. The first-order chi connectivity index (χ1) is 9.06. The van der Waals surface area contributed by atoms with Crippen molar-refractivity contribution in [2.75, 3.05) is 13.7 Å². The van der Waals surface area contributed by atoms with Gasteiger partial charge in [0.25, 0.3) is 0 Å². The van der Waals surface area contributed by atoms with E-state index < -0.39 is 0 Å². The number of nitrogens with one attached hydrogen (secondary N) is 1. The van der Waals surface area contributed by atoms with Crippen LogP contribution in [0, 0.1) is 5.92 Å². The molecule has 0 aliphatic rings. The molecule has 0 aromatic heterocycles.